The molecule has 1 atom stereocenters. The van der Waals surface area contributed by atoms with Gasteiger partial charge in [-0.1, -0.05) is 23.8 Å². The van der Waals surface area contributed by atoms with Gasteiger partial charge in [-0.05, 0) is 51.8 Å². The van der Waals surface area contributed by atoms with Crippen LogP contribution in [0.25, 0.3) is 0 Å². The molecule has 0 bridgehead atoms. The lowest BCUT2D eigenvalue weighted by molar-refractivity contribution is 0.182. The number of nitrogens with zero attached hydrogens (tertiary/aromatic N) is 1. The number of benzene rings is 1. The summed E-state index contributed by atoms with van der Waals surface area (Å²) in [6, 6.07) is 2.32. The number of halogens is 1. The topological polar surface area (TPSA) is 12.5 Å². The Bertz CT molecular complexity index is 502. The predicted octanol–water partition coefficient (Wildman–Crippen LogP) is 4.56. The van der Waals surface area contributed by atoms with Gasteiger partial charge in [-0.3, -0.25) is 0 Å². The van der Waals surface area contributed by atoms with Gasteiger partial charge in [-0.25, -0.2) is 0 Å². The molecule has 0 spiro atoms. The number of methoxy groups -OCH3 is 1. The monoisotopic (exact) mass is 313 g/mol. The molecule has 20 heavy (non-hydrogen) atoms. The molecule has 0 aliphatic carbocycles. The lowest BCUT2D eigenvalue weighted by atomic mass is 9.98. The van der Waals surface area contributed by atoms with E-state index in [-0.39, 0.29) is 0 Å². The zero-order chi connectivity index (χ0) is 15.4. The highest BCUT2D eigenvalue weighted by Gasteiger charge is 2.21. The van der Waals surface area contributed by atoms with Gasteiger partial charge in [-0.2, -0.15) is 0 Å². The summed E-state index contributed by atoms with van der Waals surface area (Å²) in [5.74, 6) is 0. The van der Waals surface area contributed by atoms with Crippen LogP contribution in [-0.2, 0) is 4.74 Å². The second-order valence-corrected chi connectivity index (χ2v) is 6.19. The molecule has 0 aliphatic heterocycles. The third-order valence-corrected chi connectivity index (χ3v) is 4.11. The molecule has 0 N–H and O–H groups in total. The lowest BCUT2D eigenvalue weighted by Crippen LogP contribution is -2.37. The van der Waals surface area contributed by atoms with Crippen molar-refractivity contribution in [3.05, 3.63) is 27.8 Å². The fraction of sp³-hybridized carbons (Fsp3) is 0.562. The maximum atomic E-state index is 6.36. The molecular weight excluding hydrogens is 290 g/mol. The van der Waals surface area contributed by atoms with E-state index in [1.165, 1.54) is 11.3 Å². The summed E-state index contributed by atoms with van der Waals surface area (Å²) < 4.78 is 5.30. The molecule has 1 aromatic carbocycles. The van der Waals surface area contributed by atoms with E-state index in [9.17, 15) is 0 Å². The number of ether oxygens (including phenoxy) is 1. The van der Waals surface area contributed by atoms with Crippen molar-refractivity contribution in [1.29, 1.82) is 0 Å². The zero-order valence-corrected chi connectivity index (χ0v) is 14.8. The summed E-state index contributed by atoms with van der Waals surface area (Å²) in [5, 5.41) is 0.742. The van der Waals surface area contributed by atoms with E-state index in [0.29, 0.717) is 12.6 Å². The third-order valence-electron chi connectivity index (χ3n) is 3.61. The lowest BCUT2D eigenvalue weighted by Gasteiger charge is -2.33. The molecule has 0 amide bonds. The molecule has 0 saturated carbocycles. The Labute approximate surface area is 133 Å². The van der Waals surface area contributed by atoms with Crippen molar-refractivity contribution in [2.45, 2.75) is 40.7 Å². The quantitative estimate of drug-likeness (QED) is 0.564. The van der Waals surface area contributed by atoms with E-state index in [4.69, 9.17) is 28.6 Å². The van der Waals surface area contributed by atoms with E-state index < -0.39 is 0 Å². The first-order valence-electron chi connectivity index (χ1n) is 6.91. The van der Waals surface area contributed by atoms with Crippen LogP contribution in [-0.4, -0.2) is 31.2 Å². The Hall–Kier alpha value is -0.640. The highest BCUT2D eigenvalue weighted by atomic mass is 35.5. The largest absolute Gasteiger partial charge is 0.383 e. The molecule has 0 saturated heterocycles. The smallest absolute Gasteiger partial charge is 0.0663 e. The number of likely N-dealkylation sites (N-methyl/N-ethyl adjacent to an activating group) is 1. The van der Waals surface area contributed by atoms with E-state index in [2.05, 4.69) is 32.6 Å². The highest BCUT2D eigenvalue weighted by molar-refractivity contribution is 7.80. The Balaban J connectivity index is 3.42. The standard InChI is InChI=1S/C16H24ClNOS/c1-7-18(11(3)9-19-6)16-10(2)8-14(17)15(12(16)4)13(5)20/h8,11H,7,9H2,1-6H3. The van der Waals surface area contributed by atoms with Gasteiger partial charge in [0.05, 0.1) is 6.61 Å². The number of rotatable bonds is 6. The maximum absolute atomic E-state index is 6.36. The van der Waals surface area contributed by atoms with Crippen LogP contribution in [0.5, 0.6) is 0 Å². The molecular formula is C16H24ClNOS. The fourth-order valence-electron chi connectivity index (χ4n) is 2.82. The van der Waals surface area contributed by atoms with Crippen molar-refractivity contribution in [2.75, 3.05) is 25.2 Å². The van der Waals surface area contributed by atoms with Gasteiger partial charge in [-0.15, -0.1) is 0 Å². The van der Waals surface area contributed by atoms with Gasteiger partial charge in [0.2, 0.25) is 0 Å². The Morgan fingerprint density at radius 2 is 2.05 bits per heavy atom. The molecule has 1 rings (SSSR count). The second-order valence-electron chi connectivity index (χ2n) is 5.17. The fourth-order valence-corrected chi connectivity index (χ4v) is 3.59. The number of anilines is 1. The first-order chi connectivity index (χ1) is 9.34. The zero-order valence-electron chi connectivity index (χ0n) is 13.2. The minimum Gasteiger partial charge on any atom is -0.383 e. The van der Waals surface area contributed by atoms with Crippen molar-refractivity contribution in [3.63, 3.8) is 0 Å². The first-order valence-corrected chi connectivity index (χ1v) is 7.69. The van der Waals surface area contributed by atoms with E-state index in [1.807, 2.05) is 13.0 Å². The molecule has 1 aromatic rings. The summed E-state index contributed by atoms with van der Waals surface area (Å²) in [6.45, 7) is 12.1. The van der Waals surface area contributed by atoms with Crippen molar-refractivity contribution >= 4 is 34.4 Å². The van der Waals surface area contributed by atoms with Crippen LogP contribution >= 0.6 is 23.8 Å². The average molecular weight is 314 g/mol. The minimum absolute atomic E-state index is 0.307. The second kappa shape index (κ2) is 7.39. The van der Waals surface area contributed by atoms with Crippen LogP contribution in [0.2, 0.25) is 5.02 Å². The van der Waals surface area contributed by atoms with E-state index >= 15 is 0 Å². The van der Waals surface area contributed by atoms with E-state index in [1.54, 1.807) is 7.11 Å². The summed E-state index contributed by atoms with van der Waals surface area (Å²) >= 11 is 11.7. The summed E-state index contributed by atoms with van der Waals surface area (Å²) in [5.41, 5.74) is 4.55. The van der Waals surface area contributed by atoms with Gasteiger partial charge >= 0.3 is 0 Å². The molecule has 112 valence electrons. The number of aryl methyl sites for hydroxylation is 1. The molecule has 0 aliphatic rings. The number of thiocarbonyl (C=S) groups is 1. The summed E-state index contributed by atoms with van der Waals surface area (Å²) in [6.07, 6.45) is 0. The van der Waals surface area contributed by atoms with Gasteiger partial charge in [0.1, 0.15) is 0 Å². The SMILES string of the molecule is CCN(c1c(C)cc(Cl)c(C(C)=S)c1C)C(C)COC. The molecule has 0 aromatic heterocycles. The molecule has 1 unspecified atom stereocenters. The summed E-state index contributed by atoms with van der Waals surface area (Å²) in [4.78, 5) is 3.19. The van der Waals surface area contributed by atoms with Crippen molar-refractivity contribution in [1.82, 2.24) is 0 Å². The van der Waals surface area contributed by atoms with Crippen LogP contribution in [0.15, 0.2) is 6.07 Å². The van der Waals surface area contributed by atoms with Crippen LogP contribution in [0.1, 0.15) is 37.5 Å². The van der Waals surface area contributed by atoms with Gasteiger partial charge < -0.3 is 9.64 Å². The minimum atomic E-state index is 0.307. The van der Waals surface area contributed by atoms with Gasteiger partial charge in [0.25, 0.3) is 0 Å². The van der Waals surface area contributed by atoms with Crippen LogP contribution in [0, 0.1) is 13.8 Å². The molecule has 0 fully saturated rings. The van der Waals surface area contributed by atoms with Crippen LogP contribution < -0.4 is 4.90 Å². The van der Waals surface area contributed by atoms with Crippen molar-refractivity contribution in [2.24, 2.45) is 0 Å². The summed E-state index contributed by atoms with van der Waals surface area (Å²) in [7, 11) is 1.73. The Morgan fingerprint density at radius 3 is 2.50 bits per heavy atom. The maximum Gasteiger partial charge on any atom is 0.0663 e. The van der Waals surface area contributed by atoms with Crippen LogP contribution in [0.3, 0.4) is 0 Å². The first kappa shape index (κ1) is 17.4. The molecule has 2 nitrogen and oxygen atoms in total. The number of hydrogen-bond donors (Lipinski definition) is 0. The molecule has 0 radical (unpaired) electrons. The molecule has 4 heteroatoms. The normalized spacial score (nSPS) is 12.3. The van der Waals surface area contributed by atoms with Crippen LogP contribution in [0.4, 0.5) is 5.69 Å². The highest BCUT2D eigenvalue weighted by Crippen LogP contribution is 2.34. The Kier molecular flexibility index (Phi) is 6.44. The number of hydrogen-bond acceptors (Lipinski definition) is 3. The van der Waals surface area contributed by atoms with Gasteiger partial charge in [0.15, 0.2) is 0 Å². The molecule has 0 heterocycles. The van der Waals surface area contributed by atoms with Crippen molar-refractivity contribution < 1.29 is 4.74 Å². The predicted molar refractivity (Wildman–Crippen MR) is 92.7 cm³/mol. The van der Waals surface area contributed by atoms with Crippen molar-refractivity contribution in [3.8, 4) is 0 Å². The van der Waals surface area contributed by atoms with Gasteiger partial charge in [0, 0.05) is 40.8 Å². The Morgan fingerprint density at radius 1 is 1.45 bits per heavy atom. The third kappa shape index (κ3) is 3.51. The van der Waals surface area contributed by atoms with E-state index in [0.717, 1.165) is 27.6 Å². The average Bonchev–Trinajstić information content (AvgIpc) is 2.33.